The van der Waals surface area contributed by atoms with Crippen molar-refractivity contribution in [2.75, 3.05) is 0 Å². The van der Waals surface area contributed by atoms with E-state index in [4.69, 9.17) is 10.8 Å². The van der Waals surface area contributed by atoms with Crippen LogP contribution in [0.25, 0.3) is 0 Å². The van der Waals surface area contributed by atoms with Gasteiger partial charge in [-0.15, -0.1) is 0 Å². The third-order valence-electron chi connectivity index (χ3n) is 0.880. The quantitative estimate of drug-likeness (QED) is 0.437. The van der Waals surface area contributed by atoms with Crippen LogP contribution in [0.2, 0.25) is 0 Å². The number of aliphatic hydroxyl groups excluding tert-OH is 1. The highest BCUT2D eigenvalue weighted by Crippen LogP contribution is 1.95. The smallest absolute Gasteiger partial charge is 0.133 e. The molecule has 2 heteroatoms. The van der Waals surface area contributed by atoms with E-state index in [0.717, 1.165) is 0 Å². The standard InChI is InChI=1S/C6H11NO.C2H6/c1-3-5(7)6(8)4-2;1-2/h3-4,8H,7H2,1-2H3;1-2H3/b5-3+,6-4+;. The molecule has 2 nitrogen and oxygen atoms in total. The highest BCUT2D eigenvalue weighted by atomic mass is 16.3. The summed E-state index contributed by atoms with van der Waals surface area (Å²) in [6.07, 6.45) is 3.20. The van der Waals surface area contributed by atoms with E-state index < -0.39 is 0 Å². The van der Waals surface area contributed by atoms with E-state index in [1.807, 2.05) is 13.8 Å². The second kappa shape index (κ2) is 8.08. The predicted molar refractivity (Wildman–Crippen MR) is 45.7 cm³/mol. The minimum absolute atomic E-state index is 0.146. The van der Waals surface area contributed by atoms with E-state index in [0.29, 0.717) is 5.70 Å². The summed E-state index contributed by atoms with van der Waals surface area (Å²) in [7, 11) is 0. The Morgan fingerprint density at radius 3 is 1.70 bits per heavy atom. The van der Waals surface area contributed by atoms with Gasteiger partial charge in [-0.1, -0.05) is 19.9 Å². The van der Waals surface area contributed by atoms with Crippen molar-refractivity contribution in [2.24, 2.45) is 5.73 Å². The zero-order valence-electron chi connectivity index (χ0n) is 7.18. The van der Waals surface area contributed by atoms with Crippen LogP contribution in [0.5, 0.6) is 0 Å². The Morgan fingerprint density at radius 1 is 1.20 bits per heavy atom. The fraction of sp³-hybridized carbons (Fsp3) is 0.500. The van der Waals surface area contributed by atoms with Crippen LogP contribution in [0.4, 0.5) is 0 Å². The molecule has 0 aliphatic rings. The monoisotopic (exact) mass is 143 g/mol. The zero-order chi connectivity index (χ0) is 8.57. The van der Waals surface area contributed by atoms with Gasteiger partial charge in [0.05, 0.1) is 5.70 Å². The normalized spacial score (nSPS) is 12.0. The Labute approximate surface area is 63.1 Å². The minimum Gasteiger partial charge on any atom is -0.506 e. The van der Waals surface area contributed by atoms with Gasteiger partial charge in [0.15, 0.2) is 0 Å². The summed E-state index contributed by atoms with van der Waals surface area (Å²) >= 11 is 0. The Bertz CT molecular complexity index is 109. The van der Waals surface area contributed by atoms with E-state index in [-0.39, 0.29) is 5.76 Å². The van der Waals surface area contributed by atoms with E-state index in [9.17, 15) is 0 Å². The third kappa shape index (κ3) is 5.22. The minimum atomic E-state index is 0.146. The van der Waals surface area contributed by atoms with Crippen LogP contribution < -0.4 is 5.73 Å². The maximum atomic E-state index is 8.79. The number of allylic oxidation sites excluding steroid dienone is 2. The molecule has 0 saturated heterocycles. The van der Waals surface area contributed by atoms with E-state index in [2.05, 4.69) is 0 Å². The van der Waals surface area contributed by atoms with Crippen molar-refractivity contribution < 1.29 is 5.11 Å². The topological polar surface area (TPSA) is 46.2 Å². The molecule has 0 bridgehead atoms. The van der Waals surface area contributed by atoms with Crippen LogP contribution >= 0.6 is 0 Å². The first-order valence-electron chi connectivity index (χ1n) is 3.49. The maximum Gasteiger partial charge on any atom is 0.133 e. The van der Waals surface area contributed by atoms with Crippen LogP contribution in [-0.4, -0.2) is 5.11 Å². The second-order valence-electron chi connectivity index (χ2n) is 1.42. The van der Waals surface area contributed by atoms with Gasteiger partial charge in [0.2, 0.25) is 0 Å². The molecule has 10 heavy (non-hydrogen) atoms. The van der Waals surface area contributed by atoms with Crippen LogP contribution in [0.15, 0.2) is 23.6 Å². The number of rotatable bonds is 1. The molecule has 0 unspecified atom stereocenters. The molecule has 0 rings (SSSR count). The summed E-state index contributed by atoms with van der Waals surface area (Å²) in [5.41, 5.74) is 5.69. The van der Waals surface area contributed by atoms with Crippen LogP contribution in [0.3, 0.4) is 0 Å². The molecule has 0 saturated carbocycles. The van der Waals surface area contributed by atoms with Crippen LogP contribution in [-0.2, 0) is 0 Å². The van der Waals surface area contributed by atoms with E-state index >= 15 is 0 Å². The molecular weight excluding hydrogens is 126 g/mol. The Balaban J connectivity index is 0. The Hall–Kier alpha value is -0.920. The van der Waals surface area contributed by atoms with Gasteiger partial charge in [-0.2, -0.15) is 0 Å². The average molecular weight is 143 g/mol. The molecule has 0 amide bonds. The van der Waals surface area contributed by atoms with Gasteiger partial charge in [0.1, 0.15) is 5.76 Å². The van der Waals surface area contributed by atoms with Crippen molar-refractivity contribution in [3.63, 3.8) is 0 Å². The fourth-order valence-corrected chi connectivity index (χ4v) is 0.315. The largest absolute Gasteiger partial charge is 0.506 e. The molecule has 0 aliphatic heterocycles. The summed E-state index contributed by atoms with van der Waals surface area (Å²) in [5, 5.41) is 8.79. The first-order chi connectivity index (χ1) is 4.72. The molecule has 0 atom stereocenters. The first kappa shape index (κ1) is 11.8. The lowest BCUT2D eigenvalue weighted by Crippen LogP contribution is -1.98. The van der Waals surface area contributed by atoms with Crippen molar-refractivity contribution >= 4 is 0 Å². The molecule has 3 N–H and O–H groups in total. The second-order valence-corrected chi connectivity index (χ2v) is 1.42. The third-order valence-corrected chi connectivity index (χ3v) is 0.880. The number of hydrogen-bond acceptors (Lipinski definition) is 2. The Kier molecular flexibility index (Phi) is 9.56. The first-order valence-corrected chi connectivity index (χ1v) is 3.49. The number of aliphatic hydroxyl groups is 1. The fourth-order valence-electron chi connectivity index (χ4n) is 0.315. The average Bonchev–Trinajstić information content (AvgIpc) is 2.05. The lowest BCUT2D eigenvalue weighted by atomic mass is 10.3. The van der Waals surface area contributed by atoms with Crippen molar-refractivity contribution in [3.8, 4) is 0 Å². The van der Waals surface area contributed by atoms with E-state index in [1.165, 1.54) is 0 Å². The summed E-state index contributed by atoms with van der Waals surface area (Å²) in [4.78, 5) is 0. The van der Waals surface area contributed by atoms with Crippen molar-refractivity contribution in [2.45, 2.75) is 27.7 Å². The summed E-state index contributed by atoms with van der Waals surface area (Å²) in [6, 6.07) is 0. The van der Waals surface area contributed by atoms with E-state index in [1.54, 1.807) is 26.0 Å². The van der Waals surface area contributed by atoms with Gasteiger partial charge in [-0.3, -0.25) is 0 Å². The Morgan fingerprint density at radius 2 is 1.60 bits per heavy atom. The van der Waals surface area contributed by atoms with Gasteiger partial charge in [0, 0.05) is 0 Å². The molecular formula is C8H17NO. The molecule has 0 heterocycles. The van der Waals surface area contributed by atoms with Gasteiger partial charge in [0.25, 0.3) is 0 Å². The van der Waals surface area contributed by atoms with Crippen LogP contribution in [0, 0.1) is 0 Å². The summed E-state index contributed by atoms with van der Waals surface area (Å²) < 4.78 is 0. The molecule has 0 aromatic heterocycles. The number of hydrogen-bond donors (Lipinski definition) is 2. The van der Waals surface area contributed by atoms with Gasteiger partial charge in [-0.25, -0.2) is 0 Å². The van der Waals surface area contributed by atoms with Gasteiger partial charge >= 0.3 is 0 Å². The maximum absolute atomic E-state index is 8.79. The SMILES string of the molecule is C/C=C(N)\C(O)=C/C.CC. The van der Waals surface area contributed by atoms with Crippen molar-refractivity contribution in [3.05, 3.63) is 23.6 Å². The van der Waals surface area contributed by atoms with Crippen molar-refractivity contribution in [1.29, 1.82) is 0 Å². The molecule has 0 aromatic rings. The zero-order valence-corrected chi connectivity index (χ0v) is 7.18. The summed E-state index contributed by atoms with van der Waals surface area (Å²) in [6.45, 7) is 7.50. The van der Waals surface area contributed by atoms with Gasteiger partial charge < -0.3 is 10.8 Å². The molecule has 0 spiro atoms. The van der Waals surface area contributed by atoms with Crippen LogP contribution in [0.1, 0.15) is 27.7 Å². The molecule has 0 aromatic carbocycles. The molecule has 0 radical (unpaired) electrons. The number of nitrogens with two attached hydrogens (primary N) is 1. The lowest BCUT2D eigenvalue weighted by molar-refractivity contribution is 0.420. The molecule has 60 valence electrons. The summed E-state index contributed by atoms with van der Waals surface area (Å²) in [5.74, 6) is 0.146. The van der Waals surface area contributed by atoms with Gasteiger partial charge in [-0.05, 0) is 19.9 Å². The highest BCUT2D eigenvalue weighted by Gasteiger charge is 1.89. The predicted octanol–water partition coefficient (Wildman–Crippen LogP) is 2.34. The van der Waals surface area contributed by atoms with Crippen molar-refractivity contribution in [1.82, 2.24) is 0 Å². The molecule has 0 aliphatic carbocycles. The highest BCUT2D eigenvalue weighted by molar-refractivity contribution is 5.19. The lowest BCUT2D eigenvalue weighted by Gasteiger charge is -1.94. The molecule has 0 fully saturated rings.